The van der Waals surface area contributed by atoms with E-state index in [4.69, 9.17) is 21.1 Å². The van der Waals surface area contributed by atoms with Gasteiger partial charge in [0.15, 0.2) is 0 Å². The average Bonchev–Trinajstić information content (AvgIpc) is 2.81. The number of methoxy groups -OCH3 is 1. The Morgan fingerprint density at radius 3 is 2.70 bits per heavy atom. The Kier molecular flexibility index (Phi) is 7.73. The van der Waals surface area contributed by atoms with Crippen molar-refractivity contribution in [2.45, 2.75) is 19.9 Å². The first kappa shape index (κ1) is 23.9. The fraction of sp³-hybridized carbons (Fsp3) is 0.227. The number of esters is 2. The van der Waals surface area contributed by atoms with Crippen LogP contribution in [0.5, 0.6) is 0 Å². The minimum absolute atomic E-state index is 0.0591. The minimum atomic E-state index is -0.738. The standard InChI is InChI=1S/C22H21ClFN5O4/c1-4-33-21(31)14-7-13(9-25-10-14)16-11-26-22(28-15-5-6-18(24)17(23)8-15)29-19(16)27-12(2)20(30)32-3/h5-12H,4H2,1-3H3,(H2,26,27,28,29). The van der Waals surface area contributed by atoms with E-state index in [0.717, 1.165) is 0 Å². The predicted molar refractivity (Wildman–Crippen MR) is 121 cm³/mol. The lowest BCUT2D eigenvalue weighted by Gasteiger charge is -2.17. The normalized spacial score (nSPS) is 11.4. The van der Waals surface area contributed by atoms with Crippen LogP contribution < -0.4 is 10.6 Å². The monoisotopic (exact) mass is 473 g/mol. The van der Waals surface area contributed by atoms with Crippen molar-refractivity contribution in [3.05, 3.63) is 59.3 Å². The van der Waals surface area contributed by atoms with Crippen LogP contribution in [0.4, 0.5) is 21.8 Å². The van der Waals surface area contributed by atoms with Gasteiger partial charge in [0.05, 0.1) is 24.3 Å². The second-order valence-corrected chi connectivity index (χ2v) is 7.19. The number of rotatable bonds is 8. The molecule has 0 aliphatic heterocycles. The van der Waals surface area contributed by atoms with Gasteiger partial charge in [-0.1, -0.05) is 11.6 Å². The van der Waals surface area contributed by atoms with E-state index in [1.54, 1.807) is 19.9 Å². The first-order valence-corrected chi connectivity index (χ1v) is 10.3. The third-order valence-electron chi connectivity index (χ3n) is 4.43. The van der Waals surface area contributed by atoms with Crippen molar-refractivity contribution >= 4 is 41.0 Å². The second kappa shape index (κ2) is 10.7. The van der Waals surface area contributed by atoms with Crippen LogP contribution >= 0.6 is 11.6 Å². The van der Waals surface area contributed by atoms with E-state index in [-0.39, 0.29) is 29.0 Å². The van der Waals surface area contributed by atoms with Gasteiger partial charge in [0.1, 0.15) is 17.7 Å². The van der Waals surface area contributed by atoms with Crippen molar-refractivity contribution in [1.82, 2.24) is 15.0 Å². The van der Waals surface area contributed by atoms with Crippen molar-refractivity contribution in [2.75, 3.05) is 24.4 Å². The van der Waals surface area contributed by atoms with E-state index in [2.05, 4.69) is 25.6 Å². The number of carbonyl (C=O) groups excluding carboxylic acids is 2. The highest BCUT2D eigenvalue weighted by atomic mass is 35.5. The number of aromatic nitrogens is 3. The van der Waals surface area contributed by atoms with Gasteiger partial charge in [-0.15, -0.1) is 0 Å². The Bertz CT molecular complexity index is 1180. The number of benzene rings is 1. The molecule has 0 saturated heterocycles. The number of pyridine rings is 1. The molecule has 0 aliphatic rings. The zero-order valence-electron chi connectivity index (χ0n) is 18.1. The third kappa shape index (κ3) is 5.92. The van der Waals surface area contributed by atoms with E-state index in [9.17, 15) is 14.0 Å². The van der Waals surface area contributed by atoms with Crippen molar-refractivity contribution in [1.29, 1.82) is 0 Å². The molecule has 1 unspecified atom stereocenters. The topological polar surface area (TPSA) is 115 Å². The minimum Gasteiger partial charge on any atom is -0.467 e. The van der Waals surface area contributed by atoms with Crippen LogP contribution in [0.3, 0.4) is 0 Å². The van der Waals surface area contributed by atoms with Crippen molar-refractivity contribution < 1.29 is 23.5 Å². The van der Waals surface area contributed by atoms with E-state index < -0.39 is 23.8 Å². The maximum absolute atomic E-state index is 13.4. The van der Waals surface area contributed by atoms with Gasteiger partial charge >= 0.3 is 11.9 Å². The van der Waals surface area contributed by atoms with Gasteiger partial charge in [-0.05, 0) is 38.1 Å². The molecule has 11 heteroatoms. The summed E-state index contributed by atoms with van der Waals surface area (Å²) in [5.41, 5.74) is 1.72. The van der Waals surface area contributed by atoms with Crippen molar-refractivity contribution in [2.24, 2.45) is 0 Å². The van der Waals surface area contributed by atoms with E-state index in [1.165, 1.54) is 43.9 Å². The van der Waals surface area contributed by atoms with Crippen LogP contribution in [0.25, 0.3) is 11.1 Å². The van der Waals surface area contributed by atoms with E-state index in [0.29, 0.717) is 16.8 Å². The van der Waals surface area contributed by atoms with Gasteiger partial charge in [0.2, 0.25) is 5.95 Å². The van der Waals surface area contributed by atoms with Crippen LogP contribution in [-0.4, -0.2) is 46.6 Å². The van der Waals surface area contributed by atoms with Crippen LogP contribution in [-0.2, 0) is 14.3 Å². The maximum atomic E-state index is 13.4. The van der Waals surface area contributed by atoms with Crippen LogP contribution in [0, 0.1) is 5.82 Å². The lowest BCUT2D eigenvalue weighted by Crippen LogP contribution is -2.28. The van der Waals surface area contributed by atoms with Gasteiger partial charge in [-0.25, -0.2) is 19.0 Å². The molecule has 0 aliphatic carbocycles. The van der Waals surface area contributed by atoms with Crippen LogP contribution in [0.15, 0.2) is 42.9 Å². The number of nitrogens with zero attached hydrogens (tertiary/aromatic N) is 3. The van der Waals surface area contributed by atoms with Gasteiger partial charge in [-0.3, -0.25) is 4.98 Å². The molecular formula is C22H21ClFN5O4. The fourth-order valence-corrected chi connectivity index (χ4v) is 3.00. The molecule has 0 saturated carbocycles. The fourth-order valence-electron chi connectivity index (χ4n) is 2.82. The van der Waals surface area contributed by atoms with E-state index >= 15 is 0 Å². The summed E-state index contributed by atoms with van der Waals surface area (Å²) in [5, 5.41) is 5.86. The van der Waals surface area contributed by atoms with Gasteiger partial charge in [-0.2, -0.15) is 4.98 Å². The maximum Gasteiger partial charge on any atom is 0.339 e. The molecule has 0 spiro atoms. The summed E-state index contributed by atoms with van der Waals surface area (Å²) in [7, 11) is 1.28. The molecule has 9 nitrogen and oxygen atoms in total. The lowest BCUT2D eigenvalue weighted by molar-refractivity contribution is -0.141. The first-order valence-electron chi connectivity index (χ1n) is 9.88. The molecule has 1 aromatic carbocycles. The van der Waals surface area contributed by atoms with Crippen molar-refractivity contribution in [3.63, 3.8) is 0 Å². The number of carbonyl (C=O) groups is 2. The summed E-state index contributed by atoms with van der Waals surface area (Å²) in [6, 6.07) is 4.94. The molecule has 0 fully saturated rings. The molecule has 2 heterocycles. The summed E-state index contributed by atoms with van der Waals surface area (Å²) in [5.74, 6) is -1.13. The first-order chi connectivity index (χ1) is 15.8. The molecule has 3 aromatic rings. The Morgan fingerprint density at radius 1 is 1.21 bits per heavy atom. The lowest BCUT2D eigenvalue weighted by atomic mass is 10.1. The summed E-state index contributed by atoms with van der Waals surface area (Å²) in [6.07, 6.45) is 4.42. The zero-order chi connectivity index (χ0) is 24.0. The quantitative estimate of drug-likeness (QED) is 0.464. The Hall–Kier alpha value is -3.79. The third-order valence-corrected chi connectivity index (χ3v) is 4.72. The molecular weight excluding hydrogens is 453 g/mol. The summed E-state index contributed by atoms with van der Waals surface area (Å²) < 4.78 is 23.3. The van der Waals surface area contributed by atoms with Crippen LogP contribution in [0.1, 0.15) is 24.2 Å². The molecule has 0 amide bonds. The second-order valence-electron chi connectivity index (χ2n) is 6.78. The molecule has 0 radical (unpaired) electrons. The van der Waals surface area contributed by atoms with Gasteiger partial charge in [0, 0.05) is 35.4 Å². The highest BCUT2D eigenvalue weighted by molar-refractivity contribution is 6.31. The van der Waals surface area contributed by atoms with E-state index in [1.807, 2.05) is 0 Å². The van der Waals surface area contributed by atoms with Crippen LogP contribution in [0.2, 0.25) is 5.02 Å². The molecule has 0 bridgehead atoms. The predicted octanol–water partition coefficient (Wildman–Crippen LogP) is 4.22. The summed E-state index contributed by atoms with van der Waals surface area (Å²) in [6.45, 7) is 3.54. The SMILES string of the molecule is CCOC(=O)c1cncc(-c2cnc(Nc3ccc(F)c(Cl)c3)nc2NC(C)C(=O)OC)c1. The largest absolute Gasteiger partial charge is 0.467 e. The van der Waals surface area contributed by atoms with Gasteiger partial charge in [0.25, 0.3) is 0 Å². The molecule has 172 valence electrons. The molecule has 33 heavy (non-hydrogen) atoms. The highest BCUT2D eigenvalue weighted by Crippen LogP contribution is 2.29. The molecule has 3 rings (SSSR count). The number of ether oxygens (including phenoxy) is 2. The number of hydrogen-bond acceptors (Lipinski definition) is 9. The van der Waals surface area contributed by atoms with Crippen molar-refractivity contribution in [3.8, 4) is 11.1 Å². The smallest absolute Gasteiger partial charge is 0.339 e. The molecule has 1 atom stereocenters. The van der Waals surface area contributed by atoms with Gasteiger partial charge < -0.3 is 20.1 Å². The zero-order valence-corrected chi connectivity index (χ0v) is 18.8. The average molecular weight is 474 g/mol. The summed E-state index contributed by atoms with van der Waals surface area (Å²) in [4.78, 5) is 36.9. The Morgan fingerprint density at radius 2 is 2.00 bits per heavy atom. The number of anilines is 3. The summed E-state index contributed by atoms with van der Waals surface area (Å²) >= 11 is 5.83. The number of halogens is 2. The number of nitrogens with one attached hydrogen (secondary N) is 2. The molecule has 2 N–H and O–H groups in total. The Labute approximate surface area is 194 Å². The number of hydrogen-bond donors (Lipinski definition) is 2. The Balaban J connectivity index is 2.00. The highest BCUT2D eigenvalue weighted by Gasteiger charge is 2.19. The molecule has 2 aromatic heterocycles.